The number of hydrogen-bond acceptors (Lipinski definition) is 2. The molecule has 16 heavy (non-hydrogen) atoms. The molecule has 0 radical (unpaired) electrons. The number of nitriles is 1. The zero-order valence-corrected chi connectivity index (χ0v) is 9.65. The Morgan fingerprint density at radius 2 is 2.06 bits per heavy atom. The average Bonchev–Trinajstić information content (AvgIpc) is 2.71. The van der Waals surface area contributed by atoms with Crippen LogP contribution in [0.5, 0.6) is 0 Å². The molecule has 86 valence electrons. The van der Waals surface area contributed by atoms with Crippen LogP contribution in [0.1, 0.15) is 32.6 Å². The van der Waals surface area contributed by atoms with E-state index in [9.17, 15) is 4.79 Å². The van der Waals surface area contributed by atoms with Crippen molar-refractivity contribution in [1.29, 1.82) is 5.26 Å². The van der Waals surface area contributed by atoms with Crippen molar-refractivity contribution in [2.45, 2.75) is 38.6 Å². The van der Waals surface area contributed by atoms with Gasteiger partial charge in [0.05, 0.1) is 6.07 Å². The van der Waals surface area contributed by atoms with E-state index in [-0.39, 0.29) is 5.91 Å². The predicted molar refractivity (Wildman–Crippen MR) is 59.1 cm³/mol. The molecule has 0 aliphatic heterocycles. The molecule has 1 N–H and O–H groups in total. The smallest absolute Gasteiger partial charge is 0.237 e. The monoisotopic (exact) mass is 218 g/mol. The molecule has 0 spiro atoms. The molecular formula is C13H18N2O. The molecule has 0 aromatic rings. The van der Waals surface area contributed by atoms with Gasteiger partial charge in [-0.25, -0.2) is 0 Å². The molecule has 3 nitrogen and oxygen atoms in total. The standard InChI is InChI=1S/C13H18N2O/c1-2-7(6-14)13(16)15-12-10-8-3-4-9(5-8)11(10)12/h7-12H,2-5H2,1H3,(H,15,16). The summed E-state index contributed by atoms with van der Waals surface area (Å²) < 4.78 is 0. The Labute approximate surface area is 96.2 Å². The molecule has 3 fully saturated rings. The van der Waals surface area contributed by atoms with Crippen molar-refractivity contribution in [3.05, 3.63) is 0 Å². The van der Waals surface area contributed by atoms with Crippen LogP contribution in [0.4, 0.5) is 0 Å². The first-order valence-corrected chi connectivity index (χ1v) is 6.46. The van der Waals surface area contributed by atoms with E-state index < -0.39 is 5.92 Å². The third kappa shape index (κ3) is 1.29. The second-order valence-electron chi connectivity index (χ2n) is 5.61. The van der Waals surface area contributed by atoms with Crippen LogP contribution in [0, 0.1) is 40.9 Å². The van der Waals surface area contributed by atoms with Crippen molar-refractivity contribution in [3.63, 3.8) is 0 Å². The maximum Gasteiger partial charge on any atom is 0.237 e. The molecule has 3 aliphatic rings. The first kappa shape index (κ1) is 10.1. The molecule has 3 heteroatoms. The summed E-state index contributed by atoms with van der Waals surface area (Å²) in [6.07, 6.45) is 4.76. The van der Waals surface area contributed by atoms with Gasteiger partial charge in [0.25, 0.3) is 0 Å². The van der Waals surface area contributed by atoms with Crippen LogP contribution in [0.25, 0.3) is 0 Å². The van der Waals surface area contributed by atoms with Crippen LogP contribution in [0.15, 0.2) is 0 Å². The van der Waals surface area contributed by atoms with Crippen molar-refractivity contribution < 1.29 is 4.79 Å². The molecule has 0 aromatic carbocycles. The van der Waals surface area contributed by atoms with Crippen LogP contribution < -0.4 is 5.32 Å². The molecule has 3 aliphatic carbocycles. The number of nitrogens with zero attached hydrogens (tertiary/aromatic N) is 1. The normalized spacial score (nSPS) is 44.6. The molecular weight excluding hydrogens is 200 g/mol. The van der Waals surface area contributed by atoms with E-state index in [1.54, 1.807) is 0 Å². The summed E-state index contributed by atoms with van der Waals surface area (Å²) in [6.45, 7) is 1.89. The van der Waals surface area contributed by atoms with Crippen molar-refractivity contribution in [2.24, 2.45) is 29.6 Å². The molecule has 1 amide bonds. The number of fused-ring (bicyclic) bond motifs is 5. The zero-order valence-electron chi connectivity index (χ0n) is 9.65. The highest BCUT2D eigenvalue weighted by molar-refractivity contribution is 5.81. The molecule has 5 atom stereocenters. The van der Waals surface area contributed by atoms with Crippen LogP contribution >= 0.6 is 0 Å². The highest BCUT2D eigenvalue weighted by Crippen LogP contribution is 2.65. The third-order valence-corrected chi connectivity index (χ3v) is 4.92. The van der Waals surface area contributed by atoms with E-state index >= 15 is 0 Å². The van der Waals surface area contributed by atoms with Gasteiger partial charge in [0.2, 0.25) is 5.91 Å². The SMILES string of the molecule is CCC(C#N)C(=O)NC1C2C3CCC(C3)C12. The van der Waals surface area contributed by atoms with Crippen LogP contribution in [-0.4, -0.2) is 11.9 Å². The van der Waals surface area contributed by atoms with Gasteiger partial charge in [-0.2, -0.15) is 5.26 Å². The zero-order chi connectivity index (χ0) is 11.3. The van der Waals surface area contributed by atoms with Crippen molar-refractivity contribution in [3.8, 4) is 6.07 Å². The molecule has 0 aromatic heterocycles. The van der Waals surface area contributed by atoms with E-state index in [1.807, 2.05) is 6.92 Å². The lowest BCUT2D eigenvalue weighted by atomic mass is 10.0. The Morgan fingerprint density at radius 1 is 1.44 bits per heavy atom. The molecule has 3 rings (SSSR count). The topological polar surface area (TPSA) is 52.9 Å². The van der Waals surface area contributed by atoms with Crippen molar-refractivity contribution in [2.75, 3.05) is 0 Å². The van der Waals surface area contributed by atoms with Gasteiger partial charge in [-0.1, -0.05) is 6.92 Å². The lowest BCUT2D eigenvalue weighted by Gasteiger charge is -2.12. The number of amides is 1. The Morgan fingerprint density at radius 3 is 2.56 bits per heavy atom. The van der Waals surface area contributed by atoms with E-state index in [2.05, 4.69) is 11.4 Å². The highest BCUT2D eigenvalue weighted by Gasteiger charge is 2.65. The van der Waals surface area contributed by atoms with Gasteiger partial charge >= 0.3 is 0 Å². The van der Waals surface area contributed by atoms with E-state index in [1.165, 1.54) is 19.3 Å². The molecule has 0 heterocycles. The summed E-state index contributed by atoms with van der Waals surface area (Å²) in [7, 11) is 0. The van der Waals surface area contributed by atoms with Gasteiger partial charge in [-0.05, 0) is 49.4 Å². The summed E-state index contributed by atoms with van der Waals surface area (Å²) in [6, 6.07) is 2.49. The average molecular weight is 218 g/mol. The quantitative estimate of drug-likeness (QED) is 0.783. The Balaban J connectivity index is 1.59. The molecule has 5 unspecified atom stereocenters. The summed E-state index contributed by atoms with van der Waals surface area (Å²) >= 11 is 0. The maximum absolute atomic E-state index is 11.8. The van der Waals surface area contributed by atoms with Gasteiger partial charge in [0, 0.05) is 6.04 Å². The van der Waals surface area contributed by atoms with Gasteiger partial charge in [-0.3, -0.25) is 4.79 Å². The first-order chi connectivity index (χ1) is 7.76. The highest BCUT2D eigenvalue weighted by atomic mass is 16.2. The van der Waals surface area contributed by atoms with Gasteiger partial charge in [0.15, 0.2) is 0 Å². The Hall–Kier alpha value is -1.04. The third-order valence-electron chi connectivity index (χ3n) is 4.92. The minimum atomic E-state index is -0.445. The minimum absolute atomic E-state index is 0.0381. The summed E-state index contributed by atoms with van der Waals surface area (Å²) in [5, 5.41) is 11.9. The number of hydrogen-bond donors (Lipinski definition) is 1. The van der Waals surface area contributed by atoms with Crippen molar-refractivity contribution >= 4 is 5.91 Å². The van der Waals surface area contributed by atoms with Crippen LogP contribution in [0.2, 0.25) is 0 Å². The molecule has 3 saturated carbocycles. The predicted octanol–water partition coefficient (Wildman–Crippen LogP) is 1.70. The molecule has 2 bridgehead atoms. The number of carbonyl (C=O) groups excluding carboxylic acids is 1. The van der Waals surface area contributed by atoms with Gasteiger partial charge in [0.1, 0.15) is 5.92 Å². The minimum Gasteiger partial charge on any atom is -0.352 e. The fourth-order valence-corrected chi connectivity index (χ4v) is 4.12. The number of carbonyl (C=O) groups is 1. The van der Waals surface area contributed by atoms with Gasteiger partial charge in [-0.15, -0.1) is 0 Å². The lowest BCUT2D eigenvalue weighted by Crippen LogP contribution is -2.34. The summed E-state index contributed by atoms with van der Waals surface area (Å²) in [5.41, 5.74) is 0. The van der Waals surface area contributed by atoms with E-state index in [4.69, 9.17) is 5.26 Å². The largest absolute Gasteiger partial charge is 0.352 e. The summed E-state index contributed by atoms with van der Waals surface area (Å²) in [5.74, 6) is 2.80. The van der Waals surface area contributed by atoms with E-state index in [0.29, 0.717) is 12.5 Å². The summed E-state index contributed by atoms with van der Waals surface area (Å²) in [4.78, 5) is 11.8. The Bertz CT molecular complexity index is 343. The second-order valence-corrected chi connectivity index (χ2v) is 5.61. The number of nitrogens with one attached hydrogen (secondary N) is 1. The Kier molecular flexibility index (Phi) is 2.20. The van der Waals surface area contributed by atoms with Crippen LogP contribution in [0.3, 0.4) is 0 Å². The number of rotatable bonds is 3. The maximum atomic E-state index is 11.8. The lowest BCUT2D eigenvalue weighted by molar-refractivity contribution is -0.123. The fraction of sp³-hybridized carbons (Fsp3) is 0.846. The molecule has 0 saturated heterocycles. The van der Waals surface area contributed by atoms with Gasteiger partial charge < -0.3 is 5.32 Å². The van der Waals surface area contributed by atoms with Crippen LogP contribution in [-0.2, 0) is 4.79 Å². The fourth-order valence-electron chi connectivity index (χ4n) is 4.12. The first-order valence-electron chi connectivity index (χ1n) is 6.46. The van der Waals surface area contributed by atoms with Crippen molar-refractivity contribution in [1.82, 2.24) is 5.32 Å². The second kappa shape index (κ2) is 3.48. The van der Waals surface area contributed by atoms with E-state index in [0.717, 1.165) is 23.7 Å².